The number of likely N-dealkylation sites (N-methyl/N-ethyl adjacent to an activating group) is 1. The van der Waals surface area contributed by atoms with Gasteiger partial charge in [0, 0.05) is 36.1 Å². The second kappa shape index (κ2) is 7.22. The van der Waals surface area contributed by atoms with Crippen molar-refractivity contribution in [3.8, 4) is 0 Å². The van der Waals surface area contributed by atoms with Crippen molar-refractivity contribution in [2.45, 2.75) is 46.6 Å². The third kappa shape index (κ3) is 5.04. The molecule has 18 heavy (non-hydrogen) atoms. The molecule has 4 heteroatoms. The molecule has 3 nitrogen and oxygen atoms in total. The van der Waals surface area contributed by atoms with E-state index in [1.807, 2.05) is 17.5 Å². The fourth-order valence-electron chi connectivity index (χ4n) is 1.72. The van der Waals surface area contributed by atoms with Crippen molar-refractivity contribution in [2.75, 3.05) is 26.2 Å². The van der Waals surface area contributed by atoms with Crippen LogP contribution in [0.25, 0.3) is 0 Å². The van der Waals surface area contributed by atoms with Gasteiger partial charge in [0.15, 0.2) is 0 Å². The molecule has 0 fully saturated rings. The van der Waals surface area contributed by atoms with Crippen LogP contribution in [0.15, 0.2) is 6.20 Å². The zero-order chi connectivity index (χ0) is 13.6. The third-order valence-corrected chi connectivity index (χ3v) is 4.42. The Kier molecular flexibility index (Phi) is 6.26. The van der Waals surface area contributed by atoms with E-state index in [1.54, 1.807) is 0 Å². The summed E-state index contributed by atoms with van der Waals surface area (Å²) in [6.45, 7) is 16.4. The molecular weight excluding hydrogens is 242 g/mol. The second-order valence-electron chi connectivity index (χ2n) is 5.59. The Morgan fingerprint density at radius 1 is 1.28 bits per heavy atom. The molecule has 0 unspecified atom stereocenters. The van der Waals surface area contributed by atoms with Gasteiger partial charge in [0.25, 0.3) is 0 Å². The molecule has 0 radical (unpaired) electrons. The van der Waals surface area contributed by atoms with Gasteiger partial charge in [-0.05, 0) is 13.1 Å². The molecule has 0 saturated heterocycles. The summed E-state index contributed by atoms with van der Waals surface area (Å²) in [6, 6.07) is 0. The van der Waals surface area contributed by atoms with Crippen LogP contribution in [0.3, 0.4) is 0 Å². The standard InChI is InChI=1S/C14H27N3S/c1-6-17(7-2)9-8-15-10-12-11-16-13(18-12)14(3,4)5/h11,15H,6-10H2,1-5H3. The van der Waals surface area contributed by atoms with Gasteiger partial charge in [-0.1, -0.05) is 34.6 Å². The van der Waals surface area contributed by atoms with Gasteiger partial charge in [-0.2, -0.15) is 0 Å². The summed E-state index contributed by atoms with van der Waals surface area (Å²) in [5.74, 6) is 0. The molecule has 1 rings (SSSR count). The molecule has 1 aromatic heterocycles. The van der Waals surface area contributed by atoms with E-state index in [2.05, 4.69) is 49.8 Å². The lowest BCUT2D eigenvalue weighted by Crippen LogP contribution is -2.31. The number of thiazole rings is 1. The van der Waals surface area contributed by atoms with E-state index in [0.717, 1.165) is 32.7 Å². The first-order chi connectivity index (χ1) is 8.47. The quantitative estimate of drug-likeness (QED) is 0.772. The minimum atomic E-state index is 0.171. The maximum Gasteiger partial charge on any atom is 0.0981 e. The number of aromatic nitrogens is 1. The van der Waals surface area contributed by atoms with E-state index in [9.17, 15) is 0 Å². The largest absolute Gasteiger partial charge is 0.311 e. The predicted octanol–water partition coefficient (Wildman–Crippen LogP) is 2.87. The van der Waals surface area contributed by atoms with E-state index in [4.69, 9.17) is 0 Å². The molecular formula is C14H27N3S. The van der Waals surface area contributed by atoms with Crippen LogP contribution in [-0.2, 0) is 12.0 Å². The van der Waals surface area contributed by atoms with Crippen molar-refractivity contribution in [1.29, 1.82) is 0 Å². The van der Waals surface area contributed by atoms with Crippen LogP contribution in [-0.4, -0.2) is 36.1 Å². The van der Waals surface area contributed by atoms with E-state index in [-0.39, 0.29) is 5.41 Å². The maximum atomic E-state index is 4.50. The molecule has 0 aromatic carbocycles. The van der Waals surface area contributed by atoms with Gasteiger partial charge in [-0.25, -0.2) is 4.98 Å². The third-order valence-electron chi connectivity index (χ3n) is 2.99. The molecule has 0 aliphatic carbocycles. The Morgan fingerprint density at radius 2 is 1.94 bits per heavy atom. The summed E-state index contributed by atoms with van der Waals surface area (Å²) in [5.41, 5.74) is 0.171. The highest BCUT2D eigenvalue weighted by atomic mass is 32.1. The van der Waals surface area contributed by atoms with Crippen LogP contribution in [0, 0.1) is 0 Å². The Balaban J connectivity index is 2.30. The van der Waals surface area contributed by atoms with Crippen molar-refractivity contribution in [3.05, 3.63) is 16.1 Å². The highest BCUT2D eigenvalue weighted by Crippen LogP contribution is 2.26. The monoisotopic (exact) mass is 269 g/mol. The smallest absolute Gasteiger partial charge is 0.0981 e. The molecule has 0 bridgehead atoms. The lowest BCUT2D eigenvalue weighted by molar-refractivity contribution is 0.302. The minimum absolute atomic E-state index is 0.171. The number of nitrogens with zero attached hydrogens (tertiary/aromatic N) is 2. The maximum absolute atomic E-state index is 4.50. The van der Waals surface area contributed by atoms with Crippen LogP contribution in [0.4, 0.5) is 0 Å². The molecule has 1 heterocycles. The highest BCUT2D eigenvalue weighted by Gasteiger charge is 2.17. The molecule has 0 spiro atoms. The molecule has 0 atom stereocenters. The van der Waals surface area contributed by atoms with Crippen LogP contribution in [0.2, 0.25) is 0 Å². The van der Waals surface area contributed by atoms with Crippen LogP contribution < -0.4 is 5.32 Å². The molecule has 104 valence electrons. The van der Waals surface area contributed by atoms with Gasteiger partial charge in [0.05, 0.1) is 5.01 Å². The fourth-order valence-corrected chi connectivity index (χ4v) is 2.66. The summed E-state index contributed by atoms with van der Waals surface area (Å²) in [7, 11) is 0. The Labute approximate surface area is 116 Å². The first kappa shape index (κ1) is 15.6. The van der Waals surface area contributed by atoms with E-state index in [0.29, 0.717) is 0 Å². The Bertz CT molecular complexity index is 337. The van der Waals surface area contributed by atoms with Gasteiger partial charge in [-0.3, -0.25) is 0 Å². The van der Waals surface area contributed by atoms with E-state index >= 15 is 0 Å². The van der Waals surface area contributed by atoms with Crippen molar-refractivity contribution < 1.29 is 0 Å². The molecule has 1 N–H and O–H groups in total. The number of nitrogens with one attached hydrogen (secondary N) is 1. The normalized spacial score (nSPS) is 12.3. The fraction of sp³-hybridized carbons (Fsp3) is 0.786. The van der Waals surface area contributed by atoms with Gasteiger partial charge in [0.2, 0.25) is 0 Å². The summed E-state index contributed by atoms with van der Waals surface area (Å²) in [6.07, 6.45) is 2.01. The van der Waals surface area contributed by atoms with Crippen LogP contribution >= 0.6 is 11.3 Å². The summed E-state index contributed by atoms with van der Waals surface area (Å²) >= 11 is 1.82. The topological polar surface area (TPSA) is 28.2 Å². The molecule has 1 aromatic rings. The molecule has 0 saturated carbocycles. The van der Waals surface area contributed by atoms with Gasteiger partial charge < -0.3 is 10.2 Å². The highest BCUT2D eigenvalue weighted by molar-refractivity contribution is 7.11. The second-order valence-corrected chi connectivity index (χ2v) is 6.70. The number of hydrogen-bond donors (Lipinski definition) is 1. The van der Waals surface area contributed by atoms with Crippen LogP contribution in [0.5, 0.6) is 0 Å². The predicted molar refractivity (Wildman–Crippen MR) is 80.3 cm³/mol. The molecule has 0 aliphatic rings. The van der Waals surface area contributed by atoms with Gasteiger partial charge in [-0.15, -0.1) is 11.3 Å². The van der Waals surface area contributed by atoms with Crippen molar-refractivity contribution >= 4 is 11.3 Å². The number of rotatable bonds is 7. The zero-order valence-corrected chi connectivity index (χ0v) is 13.2. The summed E-state index contributed by atoms with van der Waals surface area (Å²) < 4.78 is 0. The summed E-state index contributed by atoms with van der Waals surface area (Å²) in [5, 5.41) is 4.72. The van der Waals surface area contributed by atoms with Gasteiger partial charge >= 0.3 is 0 Å². The Hall–Kier alpha value is -0.450. The van der Waals surface area contributed by atoms with Gasteiger partial charge in [0.1, 0.15) is 0 Å². The average Bonchev–Trinajstić information content (AvgIpc) is 2.78. The minimum Gasteiger partial charge on any atom is -0.311 e. The van der Waals surface area contributed by atoms with Crippen molar-refractivity contribution in [2.24, 2.45) is 0 Å². The van der Waals surface area contributed by atoms with Crippen molar-refractivity contribution in [3.63, 3.8) is 0 Å². The SMILES string of the molecule is CCN(CC)CCNCc1cnc(C(C)(C)C)s1. The van der Waals surface area contributed by atoms with E-state index < -0.39 is 0 Å². The summed E-state index contributed by atoms with van der Waals surface area (Å²) in [4.78, 5) is 8.27. The number of hydrogen-bond acceptors (Lipinski definition) is 4. The van der Waals surface area contributed by atoms with E-state index in [1.165, 1.54) is 9.88 Å². The first-order valence-corrected chi connectivity index (χ1v) is 7.67. The molecule has 0 aliphatic heterocycles. The lowest BCUT2D eigenvalue weighted by atomic mass is 9.98. The molecule has 0 amide bonds. The first-order valence-electron chi connectivity index (χ1n) is 6.85. The zero-order valence-electron chi connectivity index (χ0n) is 12.4. The van der Waals surface area contributed by atoms with Crippen LogP contribution in [0.1, 0.15) is 44.5 Å². The van der Waals surface area contributed by atoms with Crippen molar-refractivity contribution in [1.82, 2.24) is 15.2 Å². The Morgan fingerprint density at radius 3 is 2.44 bits per heavy atom. The lowest BCUT2D eigenvalue weighted by Gasteiger charge is -2.17. The average molecular weight is 269 g/mol.